The summed E-state index contributed by atoms with van der Waals surface area (Å²) in [5.74, 6) is 0. The van der Waals surface area contributed by atoms with Gasteiger partial charge in [0.2, 0.25) is 0 Å². The topological polar surface area (TPSA) is 21.3 Å². The zero-order chi connectivity index (χ0) is 10.2. The Morgan fingerprint density at radius 3 is 2.64 bits per heavy atom. The van der Waals surface area contributed by atoms with E-state index in [9.17, 15) is 0 Å². The average molecular weight is 214 g/mol. The van der Waals surface area contributed by atoms with Crippen molar-refractivity contribution in [2.45, 2.75) is 13.3 Å². The Bertz CT molecular complexity index is 248. The molecule has 0 aliphatic heterocycles. The first-order valence-corrected chi connectivity index (χ1v) is 5.28. The van der Waals surface area contributed by atoms with E-state index in [1.807, 2.05) is 31.2 Å². The first-order valence-electron chi connectivity index (χ1n) is 4.90. The van der Waals surface area contributed by atoms with Gasteiger partial charge in [-0.2, -0.15) is 0 Å². The van der Waals surface area contributed by atoms with Crippen molar-refractivity contribution in [3.05, 3.63) is 29.3 Å². The molecule has 0 aliphatic rings. The summed E-state index contributed by atoms with van der Waals surface area (Å²) < 4.78 is 5.23. The van der Waals surface area contributed by atoms with Gasteiger partial charge >= 0.3 is 0 Å². The lowest BCUT2D eigenvalue weighted by atomic mass is 10.3. The second-order valence-electron chi connectivity index (χ2n) is 2.98. The maximum atomic E-state index is 5.77. The van der Waals surface area contributed by atoms with Crippen molar-refractivity contribution in [1.82, 2.24) is 0 Å². The molecule has 0 aliphatic carbocycles. The van der Waals surface area contributed by atoms with Crippen LogP contribution in [-0.2, 0) is 4.74 Å². The minimum absolute atomic E-state index is 0.768. The molecule has 0 aromatic heterocycles. The summed E-state index contributed by atoms with van der Waals surface area (Å²) in [5.41, 5.74) is 1.10. The van der Waals surface area contributed by atoms with Crippen molar-refractivity contribution in [3.63, 3.8) is 0 Å². The molecule has 0 atom stereocenters. The van der Waals surface area contributed by atoms with Gasteiger partial charge in [0.15, 0.2) is 0 Å². The lowest BCUT2D eigenvalue weighted by Gasteiger charge is -2.06. The van der Waals surface area contributed by atoms with Crippen LogP contribution in [0.1, 0.15) is 13.3 Å². The molecule has 0 radical (unpaired) electrons. The Kier molecular flexibility index (Phi) is 5.42. The normalized spacial score (nSPS) is 10.1. The summed E-state index contributed by atoms with van der Waals surface area (Å²) >= 11 is 5.77. The Labute approximate surface area is 90.2 Å². The van der Waals surface area contributed by atoms with Crippen LogP contribution in [0.25, 0.3) is 0 Å². The maximum Gasteiger partial charge on any atom is 0.0482 e. The number of ether oxygens (including phenoxy) is 1. The number of anilines is 1. The van der Waals surface area contributed by atoms with Crippen LogP contribution in [-0.4, -0.2) is 19.8 Å². The van der Waals surface area contributed by atoms with E-state index < -0.39 is 0 Å². The summed E-state index contributed by atoms with van der Waals surface area (Å²) in [7, 11) is 0. The number of hydrogen-bond acceptors (Lipinski definition) is 2. The number of hydrogen-bond donors (Lipinski definition) is 1. The average Bonchev–Trinajstić information content (AvgIpc) is 2.21. The highest BCUT2D eigenvalue weighted by Gasteiger charge is 1.91. The molecule has 1 aromatic rings. The van der Waals surface area contributed by atoms with Gasteiger partial charge in [0.05, 0.1) is 0 Å². The molecule has 78 valence electrons. The zero-order valence-electron chi connectivity index (χ0n) is 8.42. The fraction of sp³-hybridized carbons (Fsp3) is 0.455. The fourth-order valence-electron chi connectivity index (χ4n) is 1.12. The predicted molar refractivity (Wildman–Crippen MR) is 61.1 cm³/mol. The largest absolute Gasteiger partial charge is 0.385 e. The van der Waals surface area contributed by atoms with E-state index in [2.05, 4.69) is 5.32 Å². The van der Waals surface area contributed by atoms with E-state index in [-0.39, 0.29) is 0 Å². The third kappa shape index (κ3) is 4.49. The molecule has 0 spiro atoms. The third-order valence-corrected chi connectivity index (χ3v) is 2.09. The fourth-order valence-corrected chi connectivity index (χ4v) is 1.25. The second kappa shape index (κ2) is 6.68. The van der Waals surface area contributed by atoms with Crippen molar-refractivity contribution in [2.24, 2.45) is 0 Å². The quantitative estimate of drug-likeness (QED) is 0.733. The minimum Gasteiger partial charge on any atom is -0.385 e. The smallest absolute Gasteiger partial charge is 0.0482 e. The highest BCUT2D eigenvalue weighted by molar-refractivity contribution is 6.30. The van der Waals surface area contributed by atoms with Gasteiger partial charge in [-0.1, -0.05) is 11.6 Å². The lowest BCUT2D eigenvalue weighted by molar-refractivity contribution is 0.147. The summed E-state index contributed by atoms with van der Waals surface area (Å²) in [6.07, 6.45) is 1.02. The van der Waals surface area contributed by atoms with Crippen LogP contribution in [0, 0.1) is 0 Å². The van der Waals surface area contributed by atoms with Gasteiger partial charge in [-0.25, -0.2) is 0 Å². The number of nitrogens with one attached hydrogen (secondary N) is 1. The van der Waals surface area contributed by atoms with E-state index >= 15 is 0 Å². The third-order valence-electron chi connectivity index (χ3n) is 1.84. The van der Waals surface area contributed by atoms with E-state index in [4.69, 9.17) is 16.3 Å². The minimum atomic E-state index is 0.768. The molecule has 2 nitrogen and oxygen atoms in total. The number of halogens is 1. The standard InChI is InChI=1S/C11H16ClNO/c1-2-14-9-3-8-13-11-6-4-10(12)5-7-11/h4-7,13H,2-3,8-9H2,1H3. The first-order chi connectivity index (χ1) is 6.83. The molecular weight excluding hydrogens is 198 g/mol. The van der Waals surface area contributed by atoms with Crippen LogP contribution in [0.3, 0.4) is 0 Å². The van der Waals surface area contributed by atoms with Crippen LogP contribution in [0.2, 0.25) is 5.02 Å². The molecule has 3 heteroatoms. The van der Waals surface area contributed by atoms with Gasteiger partial charge < -0.3 is 10.1 Å². The maximum absolute atomic E-state index is 5.77. The van der Waals surface area contributed by atoms with Crippen molar-refractivity contribution in [3.8, 4) is 0 Å². The van der Waals surface area contributed by atoms with Crippen molar-refractivity contribution in [1.29, 1.82) is 0 Å². The molecule has 14 heavy (non-hydrogen) atoms. The van der Waals surface area contributed by atoms with Gasteiger partial charge in [-0.05, 0) is 37.6 Å². The predicted octanol–water partition coefficient (Wildman–Crippen LogP) is 3.18. The highest BCUT2D eigenvalue weighted by atomic mass is 35.5. The number of benzene rings is 1. The summed E-state index contributed by atoms with van der Waals surface area (Å²) in [6.45, 7) is 4.55. The Morgan fingerprint density at radius 2 is 2.00 bits per heavy atom. The lowest BCUT2D eigenvalue weighted by Crippen LogP contribution is -2.05. The van der Waals surface area contributed by atoms with Crippen molar-refractivity contribution >= 4 is 17.3 Å². The van der Waals surface area contributed by atoms with Gasteiger partial charge in [-0.3, -0.25) is 0 Å². The molecular formula is C11H16ClNO. The van der Waals surface area contributed by atoms with Gasteiger partial charge in [0.25, 0.3) is 0 Å². The SMILES string of the molecule is CCOCCCNc1ccc(Cl)cc1. The molecule has 1 aromatic carbocycles. The van der Waals surface area contributed by atoms with E-state index in [0.29, 0.717) is 0 Å². The molecule has 0 heterocycles. The Morgan fingerprint density at radius 1 is 1.29 bits per heavy atom. The molecule has 0 unspecified atom stereocenters. The first kappa shape index (κ1) is 11.3. The van der Waals surface area contributed by atoms with Crippen LogP contribution in [0.5, 0.6) is 0 Å². The molecule has 0 amide bonds. The second-order valence-corrected chi connectivity index (χ2v) is 3.42. The van der Waals surface area contributed by atoms with Crippen molar-refractivity contribution < 1.29 is 4.74 Å². The van der Waals surface area contributed by atoms with Crippen LogP contribution in [0.4, 0.5) is 5.69 Å². The zero-order valence-corrected chi connectivity index (χ0v) is 9.18. The van der Waals surface area contributed by atoms with Crippen LogP contribution in [0.15, 0.2) is 24.3 Å². The number of rotatable bonds is 6. The molecule has 0 bridgehead atoms. The monoisotopic (exact) mass is 213 g/mol. The Hall–Kier alpha value is -0.730. The molecule has 0 saturated carbocycles. The highest BCUT2D eigenvalue weighted by Crippen LogP contribution is 2.12. The molecule has 1 rings (SSSR count). The van der Waals surface area contributed by atoms with Crippen LogP contribution < -0.4 is 5.32 Å². The molecule has 1 N–H and O–H groups in total. The van der Waals surface area contributed by atoms with Gasteiger partial charge in [0.1, 0.15) is 0 Å². The van der Waals surface area contributed by atoms with E-state index in [0.717, 1.165) is 36.9 Å². The molecule has 0 fully saturated rings. The van der Waals surface area contributed by atoms with Crippen molar-refractivity contribution in [2.75, 3.05) is 25.1 Å². The summed E-state index contributed by atoms with van der Waals surface area (Å²) in [6, 6.07) is 7.71. The van der Waals surface area contributed by atoms with Gasteiger partial charge in [0, 0.05) is 30.5 Å². The van der Waals surface area contributed by atoms with E-state index in [1.165, 1.54) is 0 Å². The summed E-state index contributed by atoms with van der Waals surface area (Å²) in [5, 5.41) is 4.06. The molecule has 0 saturated heterocycles. The Balaban J connectivity index is 2.15. The van der Waals surface area contributed by atoms with Gasteiger partial charge in [-0.15, -0.1) is 0 Å². The summed E-state index contributed by atoms with van der Waals surface area (Å²) in [4.78, 5) is 0. The van der Waals surface area contributed by atoms with E-state index in [1.54, 1.807) is 0 Å². The van der Waals surface area contributed by atoms with Crippen LogP contribution >= 0.6 is 11.6 Å².